The highest BCUT2D eigenvalue weighted by Gasteiger charge is 2.16. The molecule has 0 saturated heterocycles. The first-order valence-corrected chi connectivity index (χ1v) is 5.25. The van der Waals surface area contributed by atoms with E-state index in [9.17, 15) is 0 Å². The third-order valence-corrected chi connectivity index (χ3v) is 2.91. The first-order chi connectivity index (χ1) is 5.84. The van der Waals surface area contributed by atoms with Gasteiger partial charge in [-0.2, -0.15) is 0 Å². The van der Waals surface area contributed by atoms with Gasteiger partial charge in [0.2, 0.25) is 0 Å². The monoisotopic (exact) mass is 170 g/mol. The minimum atomic E-state index is 0.830. The number of hydrogen-bond donors (Lipinski definition) is 1. The molecule has 0 atom stereocenters. The molecule has 2 N–H and O–H groups in total. The Morgan fingerprint density at radius 1 is 1.25 bits per heavy atom. The van der Waals surface area contributed by atoms with Crippen LogP contribution in [0, 0.1) is 0 Å². The minimum Gasteiger partial charge on any atom is -0.330 e. The molecule has 2 nitrogen and oxygen atoms in total. The van der Waals surface area contributed by atoms with Crippen molar-refractivity contribution in [1.82, 2.24) is 4.90 Å². The van der Waals surface area contributed by atoms with Crippen molar-refractivity contribution in [2.45, 2.75) is 44.6 Å². The van der Waals surface area contributed by atoms with Crippen LogP contribution in [0.1, 0.15) is 38.5 Å². The molecule has 0 bridgehead atoms. The summed E-state index contributed by atoms with van der Waals surface area (Å²) in [6, 6.07) is 0.852. The molecule has 2 heteroatoms. The largest absolute Gasteiger partial charge is 0.330 e. The van der Waals surface area contributed by atoms with Crippen LogP contribution in [-0.4, -0.2) is 31.1 Å². The average molecular weight is 170 g/mol. The quantitative estimate of drug-likeness (QED) is 0.694. The first-order valence-electron chi connectivity index (χ1n) is 5.25. The fraction of sp³-hybridized carbons (Fsp3) is 1.00. The smallest absolute Gasteiger partial charge is 0.00922 e. The van der Waals surface area contributed by atoms with Crippen LogP contribution in [0.2, 0.25) is 0 Å². The molecular weight excluding hydrogens is 148 g/mol. The molecule has 1 aliphatic carbocycles. The fourth-order valence-corrected chi connectivity index (χ4v) is 2.05. The van der Waals surface area contributed by atoms with Gasteiger partial charge >= 0.3 is 0 Å². The SMILES string of the molecule is CN(CCCN)C1CCCCC1. The Hall–Kier alpha value is -0.0800. The van der Waals surface area contributed by atoms with Crippen molar-refractivity contribution in [1.29, 1.82) is 0 Å². The minimum absolute atomic E-state index is 0.830. The average Bonchev–Trinajstić information content (AvgIpc) is 2.15. The maximum atomic E-state index is 5.48. The molecule has 0 amide bonds. The summed E-state index contributed by atoms with van der Waals surface area (Å²) in [4.78, 5) is 2.49. The molecule has 0 aromatic rings. The Kier molecular flexibility index (Phi) is 4.62. The Morgan fingerprint density at radius 3 is 2.50 bits per heavy atom. The van der Waals surface area contributed by atoms with Crippen molar-refractivity contribution in [3.05, 3.63) is 0 Å². The van der Waals surface area contributed by atoms with Crippen molar-refractivity contribution >= 4 is 0 Å². The zero-order valence-corrected chi connectivity index (χ0v) is 8.26. The van der Waals surface area contributed by atoms with E-state index in [0.717, 1.165) is 19.0 Å². The predicted octanol–water partition coefficient (Wildman–Crippen LogP) is 1.60. The molecule has 1 rings (SSSR count). The number of nitrogens with two attached hydrogens (primary N) is 1. The third-order valence-electron chi connectivity index (χ3n) is 2.91. The molecule has 72 valence electrons. The Morgan fingerprint density at radius 2 is 1.92 bits per heavy atom. The van der Waals surface area contributed by atoms with Gasteiger partial charge in [0.15, 0.2) is 0 Å². The van der Waals surface area contributed by atoms with Crippen molar-refractivity contribution in [3.8, 4) is 0 Å². The van der Waals surface area contributed by atoms with Gasteiger partial charge in [0, 0.05) is 6.04 Å². The van der Waals surface area contributed by atoms with Gasteiger partial charge in [0.1, 0.15) is 0 Å². The van der Waals surface area contributed by atoms with Crippen molar-refractivity contribution in [2.24, 2.45) is 5.73 Å². The molecule has 1 aliphatic rings. The summed E-state index contributed by atoms with van der Waals surface area (Å²) in [5.41, 5.74) is 5.48. The second-order valence-corrected chi connectivity index (χ2v) is 3.91. The molecule has 0 aromatic carbocycles. The summed E-state index contributed by atoms with van der Waals surface area (Å²) in [5.74, 6) is 0. The van der Waals surface area contributed by atoms with Crippen LogP contribution in [0.4, 0.5) is 0 Å². The Bertz CT molecular complexity index is 108. The topological polar surface area (TPSA) is 29.3 Å². The Balaban J connectivity index is 2.15. The molecule has 0 spiro atoms. The molecule has 1 saturated carbocycles. The number of rotatable bonds is 4. The predicted molar refractivity (Wildman–Crippen MR) is 53.2 cm³/mol. The highest BCUT2D eigenvalue weighted by molar-refractivity contribution is 4.73. The summed E-state index contributed by atoms with van der Waals surface area (Å²) >= 11 is 0. The van der Waals surface area contributed by atoms with Gasteiger partial charge in [-0.15, -0.1) is 0 Å². The molecular formula is C10H22N2. The molecule has 1 fully saturated rings. The standard InChI is InChI=1S/C10H22N2/c1-12(9-5-8-11)10-6-3-2-4-7-10/h10H,2-9,11H2,1H3. The van der Waals surface area contributed by atoms with Gasteiger partial charge in [-0.3, -0.25) is 0 Å². The fourth-order valence-electron chi connectivity index (χ4n) is 2.05. The lowest BCUT2D eigenvalue weighted by Crippen LogP contribution is -2.34. The lowest BCUT2D eigenvalue weighted by Gasteiger charge is -2.30. The van der Waals surface area contributed by atoms with Gasteiger partial charge in [0.25, 0.3) is 0 Å². The van der Waals surface area contributed by atoms with Crippen LogP contribution < -0.4 is 5.73 Å². The summed E-state index contributed by atoms with van der Waals surface area (Å²) in [6.45, 7) is 2.01. The van der Waals surface area contributed by atoms with Gasteiger partial charge < -0.3 is 10.6 Å². The van der Waals surface area contributed by atoms with Crippen LogP contribution >= 0.6 is 0 Å². The maximum absolute atomic E-state index is 5.48. The van der Waals surface area contributed by atoms with E-state index in [1.165, 1.54) is 38.6 Å². The molecule has 0 heterocycles. The van der Waals surface area contributed by atoms with E-state index in [-0.39, 0.29) is 0 Å². The summed E-state index contributed by atoms with van der Waals surface area (Å²) in [7, 11) is 2.24. The molecule has 0 unspecified atom stereocenters. The molecule has 0 aromatic heterocycles. The van der Waals surface area contributed by atoms with Crippen molar-refractivity contribution < 1.29 is 0 Å². The van der Waals surface area contributed by atoms with E-state index in [1.807, 2.05) is 0 Å². The summed E-state index contributed by atoms with van der Waals surface area (Å²) < 4.78 is 0. The molecule has 0 aliphatic heterocycles. The molecule has 0 radical (unpaired) electrons. The zero-order chi connectivity index (χ0) is 8.81. The summed E-state index contributed by atoms with van der Waals surface area (Å²) in [5, 5.41) is 0. The highest BCUT2D eigenvalue weighted by Crippen LogP contribution is 2.21. The third kappa shape index (κ3) is 3.11. The van der Waals surface area contributed by atoms with Gasteiger partial charge in [-0.1, -0.05) is 19.3 Å². The normalized spacial score (nSPS) is 20.2. The van der Waals surface area contributed by atoms with Crippen LogP contribution in [0.3, 0.4) is 0 Å². The van der Waals surface area contributed by atoms with Crippen molar-refractivity contribution in [3.63, 3.8) is 0 Å². The first kappa shape index (κ1) is 10.0. The van der Waals surface area contributed by atoms with Gasteiger partial charge in [-0.25, -0.2) is 0 Å². The second-order valence-electron chi connectivity index (χ2n) is 3.91. The maximum Gasteiger partial charge on any atom is 0.00922 e. The lowest BCUT2D eigenvalue weighted by atomic mass is 9.94. The van der Waals surface area contributed by atoms with Crippen LogP contribution in [-0.2, 0) is 0 Å². The van der Waals surface area contributed by atoms with E-state index in [4.69, 9.17) is 5.73 Å². The Labute approximate surface area is 76.1 Å². The van der Waals surface area contributed by atoms with Crippen LogP contribution in [0.5, 0.6) is 0 Å². The van der Waals surface area contributed by atoms with Crippen LogP contribution in [0.25, 0.3) is 0 Å². The highest BCUT2D eigenvalue weighted by atomic mass is 15.1. The van der Waals surface area contributed by atoms with Gasteiger partial charge in [0.05, 0.1) is 0 Å². The van der Waals surface area contributed by atoms with Crippen LogP contribution in [0.15, 0.2) is 0 Å². The van der Waals surface area contributed by atoms with E-state index >= 15 is 0 Å². The second kappa shape index (κ2) is 5.55. The van der Waals surface area contributed by atoms with E-state index < -0.39 is 0 Å². The zero-order valence-electron chi connectivity index (χ0n) is 8.26. The van der Waals surface area contributed by atoms with E-state index in [0.29, 0.717) is 0 Å². The van der Waals surface area contributed by atoms with Crippen molar-refractivity contribution in [2.75, 3.05) is 20.1 Å². The number of nitrogens with zero attached hydrogens (tertiary/aromatic N) is 1. The van der Waals surface area contributed by atoms with E-state index in [1.54, 1.807) is 0 Å². The van der Waals surface area contributed by atoms with E-state index in [2.05, 4.69) is 11.9 Å². The molecule has 12 heavy (non-hydrogen) atoms. The van der Waals surface area contributed by atoms with Gasteiger partial charge in [-0.05, 0) is 39.4 Å². The number of hydrogen-bond acceptors (Lipinski definition) is 2. The lowest BCUT2D eigenvalue weighted by molar-refractivity contribution is 0.191. The summed E-state index contributed by atoms with van der Waals surface area (Å²) in [6.07, 6.45) is 8.26.